The Morgan fingerprint density at radius 2 is 1.79 bits per heavy atom. The van der Waals surface area contributed by atoms with Crippen LogP contribution in [0.15, 0.2) is 42.5 Å². The number of alkyl halides is 3. The Balaban J connectivity index is 1.94. The zero-order valence-corrected chi connectivity index (χ0v) is 15.8. The SMILES string of the molecule is CCNCCCNC(=O)c1ccc(Nc2ccc(OC(F)(F)F)cc2)c(C)c1. The normalized spacial score (nSPS) is 11.2. The van der Waals surface area contributed by atoms with E-state index in [0.29, 0.717) is 17.8 Å². The number of nitrogens with one attached hydrogen (secondary N) is 3. The maximum Gasteiger partial charge on any atom is 0.573 e. The Bertz CT molecular complexity index is 777. The standard InChI is InChI=1S/C20H24F3N3O2/c1-3-24-11-4-12-25-19(27)15-5-10-18(14(2)13-15)26-16-6-8-17(9-7-16)28-20(21,22)23/h5-10,13,24,26H,3-4,11-12H2,1-2H3,(H,25,27). The molecule has 5 nitrogen and oxygen atoms in total. The lowest BCUT2D eigenvalue weighted by Crippen LogP contribution is -2.27. The number of hydrogen-bond donors (Lipinski definition) is 3. The molecule has 0 unspecified atom stereocenters. The van der Waals surface area contributed by atoms with Gasteiger partial charge in [0, 0.05) is 23.5 Å². The second kappa shape index (κ2) is 9.98. The van der Waals surface area contributed by atoms with E-state index in [0.717, 1.165) is 30.8 Å². The number of aryl methyl sites for hydroxylation is 1. The van der Waals surface area contributed by atoms with Crippen molar-refractivity contribution in [2.75, 3.05) is 25.0 Å². The molecule has 2 rings (SSSR count). The van der Waals surface area contributed by atoms with Crippen LogP contribution in [0.4, 0.5) is 24.5 Å². The lowest BCUT2D eigenvalue weighted by molar-refractivity contribution is -0.274. The van der Waals surface area contributed by atoms with Crippen LogP contribution in [0.1, 0.15) is 29.3 Å². The minimum atomic E-state index is -4.71. The highest BCUT2D eigenvalue weighted by Gasteiger charge is 2.30. The molecule has 1 amide bonds. The molecule has 0 heterocycles. The Kier molecular flexibility index (Phi) is 7.69. The first kappa shape index (κ1) is 21.6. The molecule has 28 heavy (non-hydrogen) atoms. The van der Waals surface area contributed by atoms with E-state index < -0.39 is 6.36 Å². The largest absolute Gasteiger partial charge is 0.573 e. The molecule has 2 aromatic carbocycles. The van der Waals surface area contributed by atoms with Gasteiger partial charge in [0.2, 0.25) is 0 Å². The van der Waals surface area contributed by atoms with Gasteiger partial charge < -0.3 is 20.7 Å². The van der Waals surface area contributed by atoms with E-state index in [1.54, 1.807) is 18.2 Å². The molecule has 0 saturated carbocycles. The average Bonchev–Trinajstić information content (AvgIpc) is 2.63. The monoisotopic (exact) mass is 395 g/mol. The van der Waals surface area contributed by atoms with Crippen LogP contribution in [0.3, 0.4) is 0 Å². The summed E-state index contributed by atoms with van der Waals surface area (Å²) in [5.41, 5.74) is 2.77. The number of hydrogen-bond acceptors (Lipinski definition) is 4. The van der Waals surface area contributed by atoms with E-state index >= 15 is 0 Å². The van der Waals surface area contributed by atoms with Gasteiger partial charge in [-0.1, -0.05) is 6.92 Å². The van der Waals surface area contributed by atoms with Gasteiger partial charge in [-0.15, -0.1) is 13.2 Å². The van der Waals surface area contributed by atoms with Crippen LogP contribution in [0, 0.1) is 6.92 Å². The van der Waals surface area contributed by atoms with Crippen LogP contribution >= 0.6 is 0 Å². The van der Waals surface area contributed by atoms with E-state index in [-0.39, 0.29) is 11.7 Å². The maximum absolute atomic E-state index is 12.2. The molecule has 152 valence electrons. The fourth-order valence-corrected chi connectivity index (χ4v) is 2.53. The molecule has 0 fully saturated rings. The van der Waals surface area contributed by atoms with Gasteiger partial charge in [0.15, 0.2) is 0 Å². The molecule has 0 aliphatic carbocycles. The van der Waals surface area contributed by atoms with Gasteiger partial charge in [-0.3, -0.25) is 4.79 Å². The minimum absolute atomic E-state index is 0.139. The van der Waals surface area contributed by atoms with Crippen LogP contribution in [0.2, 0.25) is 0 Å². The third-order valence-corrected chi connectivity index (χ3v) is 3.92. The Morgan fingerprint density at radius 1 is 1.07 bits per heavy atom. The zero-order valence-electron chi connectivity index (χ0n) is 15.8. The van der Waals surface area contributed by atoms with Crippen molar-refractivity contribution >= 4 is 17.3 Å². The summed E-state index contributed by atoms with van der Waals surface area (Å²) in [7, 11) is 0. The molecule has 8 heteroatoms. The summed E-state index contributed by atoms with van der Waals surface area (Å²) in [5, 5.41) is 9.18. The number of halogens is 3. The number of carbonyl (C=O) groups is 1. The molecule has 0 bridgehead atoms. The summed E-state index contributed by atoms with van der Waals surface area (Å²) < 4.78 is 40.5. The number of ether oxygens (including phenoxy) is 1. The second-order valence-electron chi connectivity index (χ2n) is 6.19. The quantitative estimate of drug-likeness (QED) is 0.552. The second-order valence-corrected chi connectivity index (χ2v) is 6.19. The molecule has 0 radical (unpaired) electrons. The number of rotatable bonds is 9. The van der Waals surface area contributed by atoms with Gasteiger partial charge in [-0.2, -0.15) is 0 Å². The summed E-state index contributed by atoms with van der Waals surface area (Å²) in [5.74, 6) is -0.421. The van der Waals surface area contributed by atoms with Crippen LogP contribution in [0.5, 0.6) is 5.75 Å². The smallest absolute Gasteiger partial charge is 0.406 e. The third kappa shape index (κ3) is 7.11. The fourth-order valence-electron chi connectivity index (χ4n) is 2.53. The first-order valence-corrected chi connectivity index (χ1v) is 9.01. The van der Waals surface area contributed by atoms with Gasteiger partial charge in [0.1, 0.15) is 5.75 Å². The van der Waals surface area contributed by atoms with Gasteiger partial charge in [0.25, 0.3) is 5.91 Å². The molecule has 0 saturated heterocycles. The molecule has 0 aromatic heterocycles. The average molecular weight is 395 g/mol. The van der Waals surface area contributed by atoms with Gasteiger partial charge in [-0.25, -0.2) is 0 Å². The van der Waals surface area contributed by atoms with Crippen LogP contribution in [-0.2, 0) is 0 Å². The predicted octanol–water partition coefficient (Wildman–Crippen LogP) is 4.37. The van der Waals surface area contributed by atoms with Gasteiger partial charge in [0.05, 0.1) is 0 Å². The van der Waals surface area contributed by atoms with E-state index in [1.807, 2.05) is 13.8 Å². The van der Waals surface area contributed by atoms with Crippen molar-refractivity contribution in [1.82, 2.24) is 10.6 Å². The predicted molar refractivity (Wildman–Crippen MR) is 103 cm³/mol. The van der Waals surface area contributed by atoms with Crippen LogP contribution in [0.25, 0.3) is 0 Å². The van der Waals surface area contributed by atoms with Crippen LogP contribution in [-0.4, -0.2) is 31.9 Å². The van der Waals surface area contributed by atoms with Crippen molar-refractivity contribution in [3.05, 3.63) is 53.6 Å². The Labute approximate surface area is 162 Å². The summed E-state index contributed by atoms with van der Waals surface area (Å²) in [6, 6.07) is 10.7. The minimum Gasteiger partial charge on any atom is -0.406 e. The molecule has 2 aromatic rings. The highest BCUT2D eigenvalue weighted by molar-refractivity contribution is 5.95. The fraction of sp³-hybridized carbons (Fsp3) is 0.350. The van der Waals surface area contributed by atoms with Crippen molar-refractivity contribution in [2.24, 2.45) is 0 Å². The molecule has 0 spiro atoms. The van der Waals surface area contributed by atoms with E-state index in [2.05, 4.69) is 20.7 Å². The summed E-state index contributed by atoms with van der Waals surface area (Å²) >= 11 is 0. The number of amides is 1. The topological polar surface area (TPSA) is 62.4 Å². The molecule has 0 aliphatic heterocycles. The summed E-state index contributed by atoms with van der Waals surface area (Å²) in [6.07, 6.45) is -3.86. The van der Waals surface area contributed by atoms with Crippen molar-refractivity contribution in [2.45, 2.75) is 26.6 Å². The van der Waals surface area contributed by atoms with Crippen molar-refractivity contribution in [1.29, 1.82) is 0 Å². The van der Waals surface area contributed by atoms with E-state index in [4.69, 9.17) is 0 Å². The highest BCUT2D eigenvalue weighted by Crippen LogP contribution is 2.26. The number of benzene rings is 2. The first-order chi connectivity index (χ1) is 13.3. The summed E-state index contributed by atoms with van der Waals surface area (Å²) in [4.78, 5) is 12.2. The number of anilines is 2. The lowest BCUT2D eigenvalue weighted by Gasteiger charge is -2.13. The molecular weight excluding hydrogens is 371 g/mol. The molecule has 0 atom stereocenters. The van der Waals surface area contributed by atoms with Gasteiger partial charge >= 0.3 is 6.36 Å². The lowest BCUT2D eigenvalue weighted by atomic mass is 10.1. The Morgan fingerprint density at radius 3 is 2.39 bits per heavy atom. The Hall–Kier alpha value is -2.74. The summed E-state index contributed by atoms with van der Waals surface area (Å²) in [6.45, 7) is 6.23. The van der Waals surface area contributed by atoms with E-state index in [9.17, 15) is 18.0 Å². The number of carbonyl (C=O) groups excluding carboxylic acids is 1. The molecule has 3 N–H and O–H groups in total. The first-order valence-electron chi connectivity index (χ1n) is 9.01. The van der Waals surface area contributed by atoms with Crippen LogP contribution < -0.4 is 20.7 Å². The van der Waals surface area contributed by atoms with E-state index in [1.165, 1.54) is 24.3 Å². The molecule has 0 aliphatic rings. The van der Waals surface area contributed by atoms with Crippen molar-refractivity contribution in [3.8, 4) is 5.75 Å². The maximum atomic E-state index is 12.2. The highest BCUT2D eigenvalue weighted by atomic mass is 19.4. The van der Waals surface area contributed by atoms with Crippen molar-refractivity contribution < 1.29 is 22.7 Å². The third-order valence-electron chi connectivity index (χ3n) is 3.92. The van der Waals surface area contributed by atoms with Gasteiger partial charge in [-0.05, 0) is 74.5 Å². The zero-order chi connectivity index (χ0) is 20.6. The van der Waals surface area contributed by atoms with Crippen molar-refractivity contribution in [3.63, 3.8) is 0 Å². The molecular formula is C20H24F3N3O2.